The molecule has 1 aliphatic carbocycles. The van der Waals surface area contributed by atoms with Gasteiger partial charge in [0.05, 0.1) is 6.20 Å². The van der Waals surface area contributed by atoms with Crippen LogP contribution in [-0.4, -0.2) is 21.9 Å². The molecule has 16 heavy (non-hydrogen) atoms. The molecule has 0 aliphatic heterocycles. The van der Waals surface area contributed by atoms with Gasteiger partial charge in [0.25, 0.3) is 0 Å². The summed E-state index contributed by atoms with van der Waals surface area (Å²) in [6.07, 6.45) is 8.80. The Morgan fingerprint density at radius 2 is 2.19 bits per heavy atom. The molecule has 0 amide bonds. The molecule has 0 spiro atoms. The molecule has 0 atom stereocenters. The van der Waals surface area contributed by atoms with Crippen molar-refractivity contribution >= 4 is 0 Å². The molecular formula is C12H22N4. The molecule has 1 aliphatic rings. The first-order chi connectivity index (χ1) is 7.78. The number of nitrogens with two attached hydrogens (primary N) is 1. The lowest BCUT2D eigenvalue weighted by Crippen LogP contribution is -2.36. The van der Waals surface area contributed by atoms with Gasteiger partial charge in [-0.05, 0) is 32.6 Å². The Labute approximate surface area is 97.2 Å². The Kier molecular flexibility index (Phi) is 3.96. The number of aryl methyl sites for hydroxylation is 1. The van der Waals surface area contributed by atoms with E-state index in [-0.39, 0.29) is 0 Å². The quantitative estimate of drug-likeness (QED) is 0.806. The number of nitrogens with zero attached hydrogens (tertiary/aromatic N) is 2. The average Bonchev–Trinajstić information content (AvgIpc) is 2.76. The normalized spacial score (nSPS) is 25.9. The fraction of sp³-hybridized carbons (Fsp3) is 0.750. The first-order valence-corrected chi connectivity index (χ1v) is 6.28. The fourth-order valence-electron chi connectivity index (χ4n) is 2.26. The highest BCUT2D eigenvalue weighted by Crippen LogP contribution is 2.17. The highest BCUT2D eigenvalue weighted by atomic mass is 15.3. The maximum absolute atomic E-state index is 5.88. The molecule has 3 N–H and O–H groups in total. The summed E-state index contributed by atoms with van der Waals surface area (Å²) in [6.45, 7) is 3.98. The number of rotatable bonds is 4. The zero-order valence-electron chi connectivity index (χ0n) is 10.0. The van der Waals surface area contributed by atoms with E-state index in [0.29, 0.717) is 12.1 Å². The molecular weight excluding hydrogens is 200 g/mol. The van der Waals surface area contributed by atoms with E-state index in [4.69, 9.17) is 5.73 Å². The first kappa shape index (κ1) is 11.6. The predicted molar refractivity (Wildman–Crippen MR) is 65.0 cm³/mol. The van der Waals surface area contributed by atoms with Crippen molar-refractivity contribution in [3.05, 3.63) is 18.0 Å². The molecule has 4 heteroatoms. The Hall–Kier alpha value is -0.870. The van der Waals surface area contributed by atoms with E-state index in [2.05, 4.69) is 23.5 Å². The highest BCUT2D eigenvalue weighted by molar-refractivity contribution is 5.03. The van der Waals surface area contributed by atoms with Gasteiger partial charge in [-0.15, -0.1) is 0 Å². The summed E-state index contributed by atoms with van der Waals surface area (Å²) in [4.78, 5) is 0. The largest absolute Gasteiger partial charge is 0.328 e. The van der Waals surface area contributed by atoms with Gasteiger partial charge in [0.15, 0.2) is 0 Å². The monoisotopic (exact) mass is 222 g/mol. The van der Waals surface area contributed by atoms with E-state index in [1.165, 1.54) is 18.4 Å². The number of hydrogen-bond donors (Lipinski definition) is 2. The summed E-state index contributed by atoms with van der Waals surface area (Å²) >= 11 is 0. The third-order valence-corrected chi connectivity index (χ3v) is 3.38. The van der Waals surface area contributed by atoms with Gasteiger partial charge >= 0.3 is 0 Å². The molecule has 1 aromatic heterocycles. The molecule has 0 radical (unpaired) electrons. The van der Waals surface area contributed by atoms with Crippen LogP contribution in [-0.2, 0) is 13.1 Å². The van der Waals surface area contributed by atoms with Crippen LogP contribution < -0.4 is 11.1 Å². The lowest BCUT2D eigenvalue weighted by atomic mass is 9.92. The molecule has 0 unspecified atom stereocenters. The van der Waals surface area contributed by atoms with Crippen LogP contribution in [0.15, 0.2) is 12.4 Å². The van der Waals surface area contributed by atoms with E-state index < -0.39 is 0 Å². The second kappa shape index (κ2) is 5.46. The lowest BCUT2D eigenvalue weighted by Gasteiger charge is -2.26. The van der Waals surface area contributed by atoms with Gasteiger partial charge in [0.1, 0.15) is 0 Å². The summed E-state index contributed by atoms with van der Waals surface area (Å²) in [6, 6.07) is 1.07. The van der Waals surface area contributed by atoms with Gasteiger partial charge in [0, 0.05) is 36.9 Å². The van der Waals surface area contributed by atoms with Crippen LogP contribution in [0.2, 0.25) is 0 Å². The number of hydrogen-bond acceptors (Lipinski definition) is 3. The van der Waals surface area contributed by atoms with Gasteiger partial charge in [0.2, 0.25) is 0 Å². The third kappa shape index (κ3) is 3.06. The van der Waals surface area contributed by atoms with Gasteiger partial charge in [-0.2, -0.15) is 5.10 Å². The van der Waals surface area contributed by atoms with Crippen LogP contribution in [0.3, 0.4) is 0 Å². The van der Waals surface area contributed by atoms with E-state index in [0.717, 1.165) is 25.9 Å². The summed E-state index contributed by atoms with van der Waals surface area (Å²) in [5.41, 5.74) is 7.16. The minimum absolute atomic E-state index is 0.431. The van der Waals surface area contributed by atoms with Crippen LogP contribution in [0.25, 0.3) is 0 Å². The molecule has 1 aromatic rings. The number of nitrogens with one attached hydrogen (secondary N) is 1. The summed E-state index contributed by atoms with van der Waals surface area (Å²) in [5.74, 6) is 0. The van der Waals surface area contributed by atoms with Crippen LogP contribution in [0.1, 0.15) is 38.2 Å². The summed E-state index contributed by atoms with van der Waals surface area (Å²) < 4.78 is 1.97. The lowest BCUT2D eigenvalue weighted by molar-refractivity contribution is 0.342. The predicted octanol–water partition coefficient (Wildman–Crippen LogP) is 1.26. The Bertz CT molecular complexity index is 313. The molecule has 1 heterocycles. The van der Waals surface area contributed by atoms with Crippen LogP contribution in [0.5, 0.6) is 0 Å². The van der Waals surface area contributed by atoms with Crippen molar-refractivity contribution in [2.75, 3.05) is 0 Å². The molecule has 1 saturated carbocycles. The molecule has 0 bridgehead atoms. The second-order valence-electron chi connectivity index (χ2n) is 4.70. The van der Waals surface area contributed by atoms with E-state index in [1.54, 1.807) is 0 Å². The molecule has 2 rings (SSSR count). The molecule has 90 valence electrons. The fourth-order valence-corrected chi connectivity index (χ4v) is 2.26. The minimum atomic E-state index is 0.431. The van der Waals surface area contributed by atoms with Gasteiger partial charge in [-0.3, -0.25) is 4.68 Å². The SMILES string of the molecule is CCn1cc(CNC2CCC(N)CC2)cn1. The van der Waals surface area contributed by atoms with Crippen molar-refractivity contribution in [1.29, 1.82) is 0 Å². The topological polar surface area (TPSA) is 55.9 Å². The molecule has 1 fully saturated rings. The van der Waals surface area contributed by atoms with Crippen molar-refractivity contribution < 1.29 is 0 Å². The highest BCUT2D eigenvalue weighted by Gasteiger charge is 2.17. The number of aromatic nitrogens is 2. The molecule has 4 nitrogen and oxygen atoms in total. The Balaban J connectivity index is 1.74. The minimum Gasteiger partial charge on any atom is -0.328 e. The maximum atomic E-state index is 5.88. The van der Waals surface area contributed by atoms with E-state index in [1.807, 2.05) is 10.9 Å². The Morgan fingerprint density at radius 1 is 1.44 bits per heavy atom. The second-order valence-corrected chi connectivity index (χ2v) is 4.70. The standard InChI is InChI=1S/C12H22N4/c1-2-16-9-10(8-15-16)7-14-12-5-3-11(13)4-6-12/h8-9,11-12,14H,2-7,13H2,1H3. The van der Waals surface area contributed by atoms with E-state index in [9.17, 15) is 0 Å². The Morgan fingerprint density at radius 3 is 2.81 bits per heavy atom. The van der Waals surface area contributed by atoms with Crippen molar-refractivity contribution in [3.63, 3.8) is 0 Å². The maximum Gasteiger partial charge on any atom is 0.0534 e. The summed E-state index contributed by atoms with van der Waals surface area (Å²) in [7, 11) is 0. The third-order valence-electron chi connectivity index (χ3n) is 3.38. The average molecular weight is 222 g/mol. The van der Waals surface area contributed by atoms with Crippen LogP contribution in [0.4, 0.5) is 0 Å². The van der Waals surface area contributed by atoms with Crippen molar-refractivity contribution in [1.82, 2.24) is 15.1 Å². The zero-order valence-corrected chi connectivity index (χ0v) is 10.0. The van der Waals surface area contributed by atoms with Gasteiger partial charge in [-0.25, -0.2) is 0 Å². The van der Waals surface area contributed by atoms with Crippen molar-refractivity contribution in [2.45, 2.75) is 57.8 Å². The van der Waals surface area contributed by atoms with Crippen LogP contribution >= 0.6 is 0 Å². The van der Waals surface area contributed by atoms with Crippen molar-refractivity contribution in [2.24, 2.45) is 5.73 Å². The molecule has 0 aromatic carbocycles. The zero-order chi connectivity index (χ0) is 11.4. The van der Waals surface area contributed by atoms with Crippen molar-refractivity contribution in [3.8, 4) is 0 Å². The first-order valence-electron chi connectivity index (χ1n) is 6.28. The van der Waals surface area contributed by atoms with E-state index >= 15 is 0 Å². The smallest absolute Gasteiger partial charge is 0.0534 e. The van der Waals surface area contributed by atoms with Crippen LogP contribution in [0, 0.1) is 0 Å². The molecule has 0 saturated heterocycles. The van der Waals surface area contributed by atoms with Gasteiger partial charge < -0.3 is 11.1 Å². The van der Waals surface area contributed by atoms with Gasteiger partial charge in [-0.1, -0.05) is 0 Å². The summed E-state index contributed by atoms with van der Waals surface area (Å²) in [5, 5.41) is 7.85.